The second kappa shape index (κ2) is 9.96. The number of carbonyl (C=O) groups excluding carboxylic acids is 1. The van der Waals surface area contributed by atoms with Gasteiger partial charge in [0.05, 0.1) is 15.5 Å². The van der Waals surface area contributed by atoms with Gasteiger partial charge in [0.2, 0.25) is 0 Å². The first-order valence-electron chi connectivity index (χ1n) is 11.3. The normalized spacial score (nSPS) is 13.6. The van der Waals surface area contributed by atoms with Crippen LogP contribution < -0.4 is 14.3 Å². The third-order valence-corrected chi connectivity index (χ3v) is 9.85. The third kappa shape index (κ3) is 5.22. The van der Waals surface area contributed by atoms with E-state index in [1.54, 1.807) is 11.4 Å². The average Bonchev–Trinajstić information content (AvgIpc) is 3.41. The monoisotopic (exact) mass is 554 g/mol. The van der Waals surface area contributed by atoms with Crippen molar-refractivity contribution in [2.75, 3.05) is 20.9 Å². The molecule has 12 heteroatoms. The first-order chi connectivity index (χ1) is 17.7. The molecule has 0 bridgehead atoms. The van der Waals surface area contributed by atoms with E-state index in [-0.39, 0.29) is 20.5 Å². The molecule has 0 spiro atoms. The van der Waals surface area contributed by atoms with E-state index in [1.165, 1.54) is 59.0 Å². The zero-order valence-corrected chi connectivity index (χ0v) is 21.8. The van der Waals surface area contributed by atoms with Gasteiger partial charge in [0.1, 0.15) is 0 Å². The molecule has 0 unspecified atom stereocenters. The molecule has 1 aliphatic rings. The van der Waals surface area contributed by atoms with Gasteiger partial charge in [0, 0.05) is 29.4 Å². The summed E-state index contributed by atoms with van der Waals surface area (Å²) in [4.78, 5) is 16.8. The Morgan fingerprint density at radius 3 is 2.30 bits per heavy atom. The van der Waals surface area contributed by atoms with Crippen LogP contribution >= 0.6 is 11.3 Å². The molecule has 0 saturated heterocycles. The number of fused-ring (bicyclic) bond motifs is 1. The molecule has 37 heavy (non-hydrogen) atoms. The van der Waals surface area contributed by atoms with Crippen molar-refractivity contribution in [1.82, 2.24) is 4.98 Å². The highest BCUT2D eigenvalue weighted by atomic mass is 32.2. The van der Waals surface area contributed by atoms with Crippen molar-refractivity contribution in [3.8, 4) is 0 Å². The number of hydrogen-bond donors (Lipinski definition) is 2. The Balaban J connectivity index is 1.28. The summed E-state index contributed by atoms with van der Waals surface area (Å²) in [7, 11) is -7.58. The fraction of sp³-hybridized carbons (Fsp3) is 0.120. The number of nitrogens with one attached hydrogen (secondary N) is 2. The third-order valence-electron chi connectivity index (χ3n) is 5.85. The molecule has 3 aromatic carbocycles. The van der Waals surface area contributed by atoms with Gasteiger partial charge in [-0.15, -0.1) is 11.3 Å². The fourth-order valence-corrected chi connectivity index (χ4v) is 7.35. The molecule has 0 radical (unpaired) electrons. The molecule has 1 aliphatic heterocycles. The summed E-state index contributed by atoms with van der Waals surface area (Å²) in [5.41, 5.74) is 2.33. The Labute approximate surface area is 218 Å². The van der Waals surface area contributed by atoms with Gasteiger partial charge in [-0.3, -0.25) is 13.8 Å². The van der Waals surface area contributed by atoms with Gasteiger partial charge in [-0.2, -0.15) is 0 Å². The lowest BCUT2D eigenvalue weighted by atomic mass is 10.0. The largest absolute Gasteiger partial charge is 0.322 e. The Bertz CT molecular complexity index is 1640. The minimum Gasteiger partial charge on any atom is -0.322 e. The minimum atomic E-state index is -3.80. The number of aryl methyl sites for hydroxylation is 1. The van der Waals surface area contributed by atoms with Crippen LogP contribution in [0.15, 0.2) is 94.2 Å². The van der Waals surface area contributed by atoms with Gasteiger partial charge >= 0.3 is 0 Å². The van der Waals surface area contributed by atoms with Gasteiger partial charge in [0.15, 0.2) is 5.13 Å². The molecule has 0 saturated carbocycles. The molecule has 1 aromatic heterocycles. The molecule has 2 N–H and O–H groups in total. The van der Waals surface area contributed by atoms with Crippen LogP contribution in [0, 0.1) is 0 Å². The van der Waals surface area contributed by atoms with E-state index in [2.05, 4.69) is 15.0 Å². The highest BCUT2D eigenvalue weighted by Gasteiger charge is 2.29. The summed E-state index contributed by atoms with van der Waals surface area (Å²) in [6, 6.07) is 18.9. The quantitative estimate of drug-likeness (QED) is 0.350. The van der Waals surface area contributed by atoms with Crippen LogP contribution in [0.4, 0.5) is 16.5 Å². The summed E-state index contributed by atoms with van der Waals surface area (Å²) >= 11 is 1.16. The average molecular weight is 555 g/mol. The summed E-state index contributed by atoms with van der Waals surface area (Å²) in [6.07, 6.45) is 3.06. The van der Waals surface area contributed by atoms with E-state index in [9.17, 15) is 21.6 Å². The van der Waals surface area contributed by atoms with Gasteiger partial charge in [0.25, 0.3) is 26.0 Å². The number of sulfonamides is 2. The second-order valence-electron chi connectivity index (χ2n) is 8.26. The van der Waals surface area contributed by atoms with Crippen LogP contribution in [0.3, 0.4) is 0 Å². The number of hydrogen-bond acceptors (Lipinski definition) is 7. The molecule has 1 amide bonds. The lowest BCUT2D eigenvalue weighted by Gasteiger charge is -2.30. The molecular formula is C25H22N4O5S3. The molecule has 0 atom stereocenters. The van der Waals surface area contributed by atoms with Gasteiger partial charge in [-0.1, -0.05) is 18.2 Å². The Hall–Kier alpha value is -3.74. The highest BCUT2D eigenvalue weighted by Crippen LogP contribution is 2.32. The van der Waals surface area contributed by atoms with E-state index in [0.29, 0.717) is 17.9 Å². The van der Waals surface area contributed by atoms with Gasteiger partial charge in [-0.05, 0) is 73.0 Å². The van der Waals surface area contributed by atoms with Crippen molar-refractivity contribution >= 4 is 53.8 Å². The molecule has 4 aromatic rings. The summed E-state index contributed by atoms with van der Waals surface area (Å²) < 4.78 is 55.3. The number of anilines is 3. The van der Waals surface area contributed by atoms with Crippen molar-refractivity contribution in [1.29, 1.82) is 0 Å². The molecular weight excluding hydrogens is 532 g/mol. The Morgan fingerprint density at radius 2 is 1.59 bits per heavy atom. The fourth-order valence-electron chi connectivity index (χ4n) is 4.02. The van der Waals surface area contributed by atoms with E-state index < -0.39 is 26.0 Å². The van der Waals surface area contributed by atoms with E-state index >= 15 is 0 Å². The number of para-hydroxylation sites is 1. The van der Waals surface area contributed by atoms with Crippen LogP contribution in [0.2, 0.25) is 0 Å². The zero-order valence-electron chi connectivity index (χ0n) is 19.4. The Kier molecular flexibility index (Phi) is 6.71. The maximum absolute atomic E-state index is 13.3. The summed E-state index contributed by atoms with van der Waals surface area (Å²) in [5, 5.41) is 4.61. The second-order valence-corrected chi connectivity index (χ2v) is 12.7. The first kappa shape index (κ1) is 24.9. The molecule has 190 valence electrons. The predicted octanol–water partition coefficient (Wildman–Crippen LogP) is 4.34. The number of aromatic nitrogens is 1. The van der Waals surface area contributed by atoms with Gasteiger partial charge in [-0.25, -0.2) is 21.8 Å². The highest BCUT2D eigenvalue weighted by molar-refractivity contribution is 7.93. The number of thiazole rings is 1. The first-order valence-corrected chi connectivity index (χ1v) is 15.1. The molecule has 2 heterocycles. The van der Waals surface area contributed by atoms with Crippen LogP contribution in [-0.2, 0) is 26.5 Å². The maximum atomic E-state index is 13.3. The van der Waals surface area contributed by atoms with E-state index in [4.69, 9.17) is 0 Å². The van der Waals surface area contributed by atoms with E-state index in [1.807, 2.05) is 18.2 Å². The van der Waals surface area contributed by atoms with Crippen LogP contribution in [0.5, 0.6) is 0 Å². The van der Waals surface area contributed by atoms with Crippen molar-refractivity contribution in [3.05, 3.63) is 95.5 Å². The van der Waals surface area contributed by atoms with Crippen molar-refractivity contribution in [2.45, 2.75) is 22.6 Å². The van der Waals surface area contributed by atoms with Crippen LogP contribution in [0.1, 0.15) is 22.3 Å². The molecule has 0 fully saturated rings. The molecule has 0 aliphatic carbocycles. The SMILES string of the molecule is O=C(Nc1ccc(S(=O)(=O)Nc2nccs2)cc1)c1ccc(S(=O)(=O)N2CCCc3ccccc32)cc1. The lowest BCUT2D eigenvalue weighted by Crippen LogP contribution is -2.35. The standard InChI is InChI=1S/C25H22N4O5S3/c30-24(27-20-9-13-21(14-10-20)36(31,32)28-25-26-15-17-35-25)19-7-11-22(12-8-19)37(33,34)29-16-3-5-18-4-1-2-6-23(18)29/h1-2,4,6-15,17H,3,5,16H2,(H,26,28)(H,27,30). The zero-order chi connectivity index (χ0) is 26.0. The van der Waals surface area contributed by atoms with Crippen LogP contribution in [0.25, 0.3) is 0 Å². The van der Waals surface area contributed by atoms with Crippen LogP contribution in [-0.4, -0.2) is 34.3 Å². The summed E-state index contributed by atoms with van der Waals surface area (Å²) in [5.74, 6) is -0.455. The lowest BCUT2D eigenvalue weighted by molar-refractivity contribution is 0.102. The number of amides is 1. The van der Waals surface area contributed by atoms with Crippen molar-refractivity contribution in [3.63, 3.8) is 0 Å². The number of nitrogens with zero attached hydrogens (tertiary/aromatic N) is 2. The van der Waals surface area contributed by atoms with E-state index in [0.717, 1.165) is 29.7 Å². The molecule has 9 nitrogen and oxygen atoms in total. The Morgan fingerprint density at radius 1 is 0.892 bits per heavy atom. The minimum absolute atomic E-state index is 0.0227. The van der Waals surface area contributed by atoms with Crippen molar-refractivity contribution in [2.24, 2.45) is 0 Å². The smallest absolute Gasteiger partial charge is 0.264 e. The number of benzene rings is 3. The number of carbonyl (C=O) groups is 1. The molecule has 5 rings (SSSR count). The topological polar surface area (TPSA) is 126 Å². The van der Waals surface area contributed by atoms with Gasteiger partial charge < -0.3 is 5.32 Å². The maximum Gasteiger partial charge on any atom is 0.264 e. The summed E-state index contributed by atoms with van der Waals surface area (Å²) in [6.45, 7) is 0.395. The number of rotatable bonds is 7. The van der Waals surface area contributed by atoms with Crippen molar-refractivity contribution < 1.29 is 21.6 Å². The predicted molar refractivity (Wildman–Crippen MR) is 143 cm³/mol.